The second-order valence-corrected chi connectivity index (χ2v) is 10.6. The van der Waals surface area contributed by atoms with Gasteiger partial charge in [-0.3, -0.25) is 14.0 Å². The van der Waals surface area contributed by atoms with Crippen molar-refractivity contribution in [3.63, 3.8) is 0 Å². The smallest absolute Gasteiger partial charge is 0.265 e. The van der Waals surface area contributed by atoms with Crippen molar-refractivity contribution in [2.24, 2.45) is 5.92 Å². The lowest BCUT2D eigenvalue weighted by Crippen LogP contribution is -2.17. The van der Waals surface area contributed by atoms with Crippen LogP contribution in [0.1, 0.15) is 54.1 Å². The van der Waals surface area contributed by atoms with E-state index in [1.165, 1.54) is 19.2 Å². The Balaban J connectivity index is 1.33. The molecule has 40 heavy (non-hydrogen) atoms. The molecular formula is C31H28ClN7O. The lowest BCUT2D eigenvalue weighted by molar-refractivity contribution is 0.0965. The Labute approximate surface area is 237 Å². The maximum atomic E-state index is 13.8. The number of carbonyl (C=O) groups excluding carboxylic acids is 1. The fraction of sp³-hybridized carbons (Fsp3) is 0.258. The number of hydrogen-bond donors (Lipinski definition) is 1. The molecule has 0 radical (unpaired) electrons. The van der Waals surface area contributed by atoms with Crippen molar-refractivity contribution in [1.29, 1.82) is 5.26 Å². The molecule has 1 aliphatic carbocycles. The van der Waals surface area contributed by atoms with Crippen molar-refractivity contribution in [3.05, 3.63) is 89.6 Å². The highest BCUT2D eigenvalue weighted by molar-refractivity contribution is 6.31. The monoisotopic (exact) mass is 549 g/mol. The van der Waals surface area contributed by atoms with Gasteiger partial charge in [-0.1, -0.05) is 42.6 Å². The summed E-state index contributed by atoms with van der Waals surface area (Å²) in [6.45, 7) is 1.94. The highest BCUT2D eigenvalue weighted by atomic mass is 35.5. The standard InChI is InChI=1S/C31H28ClN7O/c1-20-25(32)10-6-12-26(20)37-27-11-5-4-9-23(27)31(40)38-16-14-24-29(34-19-35-30(24)38)22-17-36-39(18-22)28(13-15-33)21-7-2-3-8-21/h4-6,9-12,14,16-19,21,28,37H,2-3,7-8,13H2,1H3/t28-/m1/s1. The van der Waals surface area contributed by atoms with Crippen LogP contribution in [0.5, 0.6) is 0 Å². The molecule has 1 aliphatic rings. The van der Waals surface area contributed by atoms with E-state index in [-0.39, 0.29) is 11.9 Å². The maximum Gasteiger partial charge on any atom is 0.265 e. The maximum absolute atomic E-state index is 13.8. The zero-order valence-corrected chi connectivity index (χ0v) is 22.8. The average molecular weight is 550 g/mol. The van der Waals surface area contributed by atoms with Gasteiger partial charge < -0.3 is 5.32 Å². The van der Waals surface area contributed by atoms with Crippen LogP contribution in [0.3, 0.4) is 0 Å². The van der Waals surface area contributed by atoms with Crippen LogP contribution in [0.2, 0.25) is 5.02 Å². The van der Waals surface area contributed by atoms with E-state index >= 15 is 0 Å². The molecular weight excluding hydrogens is 522 g/mol. The van der Waals surface area contributed by atoms with Crippen LogP contribution in [0.4, 0.5) is 11.4 Å². The summed E-state index contributed by atoms with van der Waals surface area (Å²) in [6, 6.07) is 17.3. The van der Waals surface area contributed by atoms with Crippen molar-refractivity contribution in [2.45, 2.75) is 45.1 Å². The summed E-state index contributed by atoms with van der Waals surface area (Å²) in [6.07, 6.45) is 12.0. The van der Waals surface area contributed by atoms with Crippen LogP contribution >= 0.6 is 11.6 Å². The number of rotatable bonds is 7. The number of fused-ring (bicyclic) bond motifs is 1. The van der Waals surface area contributed by atoms with Gasteiger partial charge in [0, 0.05) is 34.1 Å². The summed E-state index contributed by atoms with van der Waals surface area (Å²) in [5, 5.41) is 18.9. The van der Waals surface area contributed by atoms with E-state index in [0.29, 0.717) is 40.0 Å². The normalized spacial score (nSPS) is 14.3. The van der Waals surface area contributed by atoms with Gasteiger partial charge in [0.2, 0.25) is 0 Å². The van der Waals surface area contributed by atoms with Gasteiger partial charge in [-0.25, -0.2) is 9.97 Å². The third-order valence-electron chi connectivity index (χ3n) is 7.85. The first kappa shape index (κ1) is 25.8. The molecule has 1 saturated carbocycles. The number of para-hydroxylation sites is 1. The Bertz CT molecular complexity index is 1740. The van der Waals surface area contributed by atoms with Crippen LogP contribution in [-0.4, -0.2) is 30.2 Å². The van der Waals surface area contributed by atoms with Crippen molar-refractivity contribution < 1.29 is 4.79 Å². The number of benzene rings is 2. The largest absolute Gasteiger partial charge is 0.355 e. The molecule has 0 spiro atoms. The zero-order chi connectivity index (χ0) is 27.6. The molecule has 2 aromatic carbocycles. The van der Waals surface area contributed by atoms with Crippen LogP contribution < -0.4 is 5.32 Å². The highest BCUT2D eigenvalue weighted by Crippen LogP contribution is 2.37. The second-order valence-electron chi connectivity index (χ2n) is 10.2. The summed E-state index contributed by atoms with van der Waals surface area (Å²) in [5.41, 5.74) is 4.96. The molecule has 6 rings (SSSR count). The predicted molar refractivity (Wildman–Crippen MR) is 156 cm³/mol. The second kappa shape index (κ2) is 10.9. The van der Waals surface area contributed by atoms with E-state index in [1.54, 1.807) is 23.0 Å². The molecule has 0 saturated heterocycles. The fourth-order valence-electron chi connectivity index (χ4n) is 5.70. The molecule has 1 fully saturated rings. The minimum atomic E-state index is -0.214. The zero-order valence-electron chi connectivity index (χ0n) is 22.1. The average Bonchev–Trinajstić information content (AvgIpc) is 3.75. The molecule has 5 aromatic rings. The molecule has 3 heterocycles. The summed E-state index contributed by atoms with van der Waals surface area (Å²) >= 11 is 6.32. The number of carbonyl (C=O) groups is 1. The molecule has 0 amide bonds. The van der Waals surface area contributed by atoms with Gasteiger partial charge >= 0.3 is 0 Å². The lowest BCUT2D eigenvalue weighted by atomic mass is 9.96. The summed E-state index contributed by atoms with van der Waals surface area (Å²) in [5.74, 6) is 0.245. The summed E-state index contributed by atoms with van der Waals surface area (Å²) in [4.78, 5) is 22.9. The molecule has 0 bridgehead atoms. The first-order valence-electron chi connectivity index (χ1n) is 13.4. The first-order chi connectivity index (χ1) is 19.5. The molecule has 3 aromatic heterocycles. The van der Waals surface area contributed by atoms with E-state index in [0.717, 1.165) is 35.0 Å². The fourth-order valence-corrected chi connectivity index (χ4v) is 5.87. The minimum absolute atomic E-state index is 0.0527. The minimum Gasteiger partial charge on any atom is -0.355 e. The van der Waals surface area contributed by atoms with Crippen molar-refractivity contribution >= 4 is 39.9 Å². The van der Waals surface area contributed by atoms with Crippen LogP contribution in [0, 0.1) is 24.2 Å². The van der Waals surface area contributed by atoms with Gasteiger partial charge in [0.25, 0.3) is 5.91 Å². The predicted octanol–water partition coefficient (Wildman–Crippen LogP) is 7.33. The topological polar surface area (TPSA) is 101 Å². The number of nitriles is 1. The number of aromatic nitrogens is 5. The molecule has 0 aliphatic heterocycles. The first-order valence-corrected chi connectivity index (χ1v) is 13.8. The number of halogens is 1. The number of nitrogens with one attached hydrogen (secondary N) is 1. The van der Waals surface area contributed by atoms with Gasteiger partial charge in [0.05, 0.1) is 41.7 Å². The van der Waals surface area contributed by atoms with Crippen LogP contribution in [-0.2, 0) is 0 Å². The third kappa shape index (κ3) is 4.74. The lowest BCUT2D eigenvalue weighted by Gasteiger charge is -2.21. The van der Waals surface area contributed by atoms with Gasteiger partial charge in [-0.15, -0.1) is 0 Å². The number of nitrogens with zero attached hydrogens (tertiary/aromatic N) is 6. The van der Waals surface area contributed by atoms with Gasteiger partial charge in [-0.05, 0) is 61.6 Å². The molecule has 1 atom stereocenters. The Morgan fingerprint density at radius 3 is 2.75 bits per heavy atom. The summed E-state index contributed by atoms with van der Waals surface area (Å²) in [7, 11) is 0. The van der Waals surface area contributed by atoms with E-state index in [4.69, 9.17) is 11.6 Å². The molecule has 8 nitrogen and oxygen atoms in total. The number of anilines is 2. The quantitative estimate of drug-likeness (QED) is 0.228. The Hall–Kier alpha value is -4.48. The molecule has 0 unspecified atom stereocenters. The molecule has 200 valence electrons. The Kier molecular flexibility index (Phi) is 7.06. The Morgan fingerprint density at radius 2 is 1.93 bits per heavy atom. The van der Waals surface area contributed by atoms with E-state index in [2.05, 4.69) is 26.5 Å². The summed E-state index contributed by atoms with van der Waals surface area (Å²) < 4.78 is 3.47. The van der Waals surface area contributed by atoms with Gasteiger partial charge in [0.1, 0.15) is 6.33 Å². The Morgan fingerprint density at radius 1 is 1.12 bits per heavy atom. The van der Waals surface area contributed by atoms with E-state index in [9.17, 15) is 10.1 Å². The van der Waals surface area contributed by atoms with E-state index in [1.807, 2.05) is 60.3 Å². The van der Waals surface area contributed by atoms with E-state index < -0.39 is 0 Å². The van der Waals surface area contributed by atoms with Gasteiger partial charge in [-0.2, -0.15) is 10.4 Å². The van der Waals surface area contributed by atoms with Crippen LogP contribution in [0.25, 0.3) is 22.3 Å². The van der Waals surface area contributed by atoms with Crippen LogP contribution in [0.15, 0.2) is 73.4 Å². The molecule has 9 heteroatoms. The van der Waals surface area contributed by atoms with Gasteiger partial charge in [0.15, 0.2) is 5.65 Å². The SMILES string of the molecule is Cc1c(Cl)cccc1Nc1ccccc1C(=O)n1ccc2c(-c3cnn([C@H](CC#N)C4CCCC4)c3)ncnc21. The van der Waals surface area contributed by atoms with Crippen molar-refractivity contribution in [2.75, 3.05) is 5.32 Å². The highest BCUT2D eigenvalue weighted by Gasteiger charge is 2.27. The van der Waals surface area contributed by atoms with Crippen molar-refractivity contribution in [1.82, 2.24) is 24.3 Å². The molecule has 1 N–H and O–H groups in total. The number of hydrogen-bond acceptors (Lipinski definition) is 6. The third-order valence-corrected chi connectivity index (χ3v) is 8.26. The van der Waals surface area contributed by atoms with Crippen molar-refractivity contribution in [3.8, 4) is 17.3 Å².